The van der Waals surface area contributed by atoms with Gasteiger partial charge >= 0.3 is 5.97 Å². The molecule has 2 atom stereocenters. The Kier molecular flexibility index (Phi) is 4.82. The lowest BCUT2D eigenvalue weighted by Crippen LogP contribution is -2.42. The maximum Gasteiger partial charge on any atom is 0.308 e. The van der Waals surface area contributed by atoms with E-state index in [1.54, 1.807) is 25.8 Å². The predicted octanol–water partition coefficient (Wildman–Crippen LogP) is 2.37. The fourth-order valence-electron chi connectivity index (χ4n) is 2.67. The number of nitrogens with zero attached hydrogens (tertiary/aromatic N) is 2. The number of ether oxygens (including phenoxy) is 1. The van der Waals surface area contributed by atoms with E-state index < -0.39 is 18.0 Å². The quantitative estimate of drug-likeness (QED) is 0.902. The molecule has 23 heavy (non-hydrogen) atoms. The van der Waals surface area contributed by atoms with Gasteiger partial charge in [0.05, 0.1) is 11.6 Å². The van der Waals surface area contributed by atoms with Gasteiger partial charge in [-0.05, 0) is 32.9 Å². The van der Waals surface area contributed by atoms with Crippen LogP contribution in [-0.2, 0) is 9.59 Å². The van der Waals surface area contributed by atoms with Gasteiger partial charge in [0.15, 0.2) is 6.10 Å². The summed E-state index contributed by atoms with van der Waals surface area (Å²) in [6.07, 6.45) is -0.520. The van der Waals surface area contributed by atoms with Gasteiger partial charge in [-0.2, -0.15) is 0 Å². The van der Waals surface area contributed by atoms with Crippen LogP contribution in [0.3, 0.4) is 0 Å². The number of likely N-dealkylation sites (N-methyl/N-ethyl adjacent to an activating group) is 1. The lowest BCUT2D eigenvalue weighted by molar-refractivity contribution is -0.140. The number of carbonyl (C=O) groups excluding carboxylic acids is 1. The maximum absolute atomic E-state index is 12.0. The Labute approximate surface area is 136 Å². The summed E-state index contributed by atoms with van der Waals surface area (Å²) in [4.78, 5) is 26.7. The fourth-order valence-corrected chi connectivity index (χ4v) is 2.67. The van der Waals surface area contributed by atoms with Crippen molar-refractivity contribution in [3.8, 4) is 5.75 Å². The summed E-state index contributed by atoms with van der Waals surface area (Å²) < 4.78 is 5.70. The molecule has 0 bridgehead atoms. The van der Waals surface area contributed by atoms with Gasteiger partial charge in [-0.15, -0.1) is 0 Å². The van der Waals surface area contributed by atoms with Crippen LogP contribution in [0.2, 0.25) is 0 Å². The number of aliphatic carboxylic acids is 1. The zero-order valence-corrected chi connectivity index (χ0v) is 14.2. The molecule has 1 aliphatic heterocycles. The Bertz CT molecular complexity index is 615. The molecule has 0 aromatic heterocycles. The van der Waals surface area contributed by atoms with Crippen molar-refractivity contribution in [3.05, 3.63) is 18.2 Å². The minimum Gasteiger partial charge on any atom is -0.481 e. The van der Waals surface area contributed by atoms with E-state index in [4.69, 9.17) is 9.84 Å². The molecule has 0 radical (unpaired) electrons. The third-order valence-electron chi connectivity index (χ3n) is 4.13. The molecule has 1 heterocycles. The van der Waals surface area contributed by atoms with Crippen molar-refractivity contribution >= 4 is 23.3 Å². The molecule has 6 nitrogen and oxygen atoms in total. The van der Waals surface area contributed by atoms with E-state index in [2.05, 4.69) is 0 Å². The van der Waals surface area contributed by atoms with Gasteiger partial charge in [0.2, 0.25) is 0 Å². The van der Waals surface area contributed by atoms with E-state index in [1.807, 2.05) is 36.9 Å². The van der Waals surface area contributed by atoms with E-state index in [9.17, 15) is 9.59 Å². The molecule has 0 saturated heterocycles. The average molecular weight is 320 g/mol. The van der Waals surface area contributed by atoms with Crippen LogP contribution in [-0.4, -0.2) is 42.7 Å². The SMILES string of the molecule is CC(CN(c1ccc2c(c1)OC(C)C(=O)N2C)C(C)C)C(=O)O. The molecule has 0 aliphatic carbocycles. The topological polar surface area (TPSA) is 70.1 Å². The molecule has 2 rings (SSSR count). The first-order chi connectivity index (χ1) is 10.7. The number of carboxylic acids is 1. The van der Waals surface area contributed by atoms with Crippen LogP contribution in [0.15, 0.2) is 18.2 Å². The lowest BCUT2D eigenvalue weighted by atomic mass is 10.1. The Hall–Kier alpha value is -2.24. The summed E-state index contributed by atoms with van der Waals surface area (Å²) in [6.45, 7) is 7.87. The molecule has 1 N–H and O–H groups in total. The third kappa shape index (κ3) is 3.41. The second-order valence-corrected chi connectivity index (χ2v) is 6.29. The monoisotopic (exact) mass is 320 g/mol. The van der Waals surface area contributed by atoms with E-state index >= 15 is 0 Å². The number of hydrogen-bond donors (Lipinski definition) is 1. The normalized spacial score (nSPS) is 18.4. The molecule has 1 amide bonds. The van der Waals surface area contributed by atoms with Gasteiger partial charge in [0, 0.05) is 31.4 Å². The first kappa shape index (κ1) is 17.1. The maximum atomic E-state index is 12.0. The summed E-state index contributed by atoms with van der Waals surface area (Å²) in [5.41, 5.74) is 1.62. The van der Waals surface area contributed by atoms with E-state index in [0.717, 1.165) is 11.4 Å². The number of fused-ring (bicyclic) bond motifs is 1. The lowest BCUT2D eigenvalue weighted by Gasteiger charge is -2.34. The van der Waals surface area contributed by atoms with Crippen molar-refractivity contribution in [2.75, 3.05) is 23.4 Å². The highest BCUT2D eigenvalue weighted by Crippen LogP contribution is 2.37. The molecule has 0 fully saturated rings. The van der Waals surface area contributed by atoms with Gasteiger partial charge in [0.1, 0.15) is 5.75 Å². The molecular formula is C17H24N2O4. The third-order valence-corrected chi connectivity index (χ3v) is 4.13. The highest BCUT2D eigenvalue weighted by molar-refractivity contribution is 5.99. The number of benzene rings is 1. The van der Waals surface area contributed by atoms with Crippen molar-refractivity contribution in [3.63, 3.8) is 0 Å². The van der Waals surface area contributed by atoms with Gasteiger partial charge in [-0.1, -0.05) is 6.92 Å². The second-order valence-electron chi connectivity index (χ2n) is 6.29. The molecule has 0 spiro atoms. The van der Waals surface area contributed by atoms with Crippen molar-refractivity contribution in [2.24, 2.45) is 5.92 Å². The fraction of sp³-hybridized carbons (Fsp3) is 0.529. The Morgan fingerprint density at radius 2 is 2.04 bits per heavy atom. The Morgan fingerprint density at radius 3 is 2.61 bits per heavy atom. The van der Waals surface area contributed by atoms with Crippen LogP contribution in [0.5, 0.6) is 5.75 Å². The summed E-state index contributed by atoms with van der Waals surface area (Å²) in [5, 5.41) is 9.15. The van der Waals surface area contributed by atoms with Crippen molar-refractivity contribution in [2.45, 2.75) is 39.8 Å². The number of rotatable bonds is 5. The molecule has 1 aromatic rings. The molecule has 0 saturated carbocycles. The largest absolute Gasteiger partial charge is 0.481 e. The van der Waals surface area contributed by atoms with Crippen LogP contribution < -0.4 is 14.5 Å². The van der Waals surface area contributed by atoms with E-state index in [0.29, 0.717) is 12.3 Å². The second kappa shape index (κ2) is 6.48. The highest BCUT2D eigenvalue weighted by Gasteiger charge is 2.29. The van der Waals surface area contributed by atoms with Crippen LogP contribution in [0.1, 0.15) is 27.7 Å². The van der Waals surface area contributed by atoms with Crippen LogP contribution in [0.25, 0.3) is 0 Å². The Morgan fingerprint density at radius 1 is 1.39 bits per heavy atom. The first-order valence-corrected chi connectivity index (χ1v) is 7.80. The summed E-state index contributed by atoms with van der Waals surface area (Å²) in [7, 11) is 1.73. The van der Waals surface area contributed by atoms with Gasteiger partial charge in [-0.25, -0.2) is 0 Å². The Balaban J connectivity index is 2.34. The van der Waals surface area contributed by atoms with Crippen molar-refractivity contribution in [1.29, 1.82) is 0 Å². The number of amides is 1. The minimum atomic E-state index is -0.816. The van der Waals surface area contributed by atoms with Gasteiger partial charge in [-0.3, -0.25) is 9.59 Å². The number of anilines is 2. The molecule has 6 heteroatoms. The summed E-state index contributed by atoms with van der Waals surface area (Å²) in [5.74, 6) is -0.725. The van der Waals surface area contributed by atoms with Crippen LogP contribution in [0, 0.1) is 5.92 Å². The predicted molar refractivity (Wildman–Crippen MR) is 89.2 cm³/mol. The van der Waals surface area contributed by atoms with Crippen molar-refractivity contribution in [1.82, 2.24) is 0 Å². The highest BCUT2D eigenvalue weighted by atomic mass is 16.5. The summed E-state index contributed by atoms with van der Waals surface area (Å²) >= 11 is 0. The molecule has 126 valence electrons. The standard InChI is InChI=1S/C17H24N2O4/c1-10(2)19(9-11(3)17(21)22)13-6-7-14-15(8-13)23-12(4)16(20)18(14)5/h6-8,10-12H,9H2,1-5H3,(H,21,22). The zero-order valence-electron chi connectivity index (χ0n) is 14.2. The molecular weight excluding hydrogens is 296 g/mol. The van der Waals surface area contributed by atoms with Crippen molar-refractivity contribution < 1.29 is 19.4 Å². The number of carbonyl (C=O) groups is 2. The van der Waals surface area contributed by atoms with Gasteiger partial charge in [0.25, 0.3) is 5.91 Å². The summed E-state index contributed by atoms with van der Waals surface area (Å²) in [6, 6.07) is 5.77. The average Bonchev–Trinajstić information content (AvgIpc) is 2.49. The molecule has 1 aliphatic rings. The number of carboxylic acid groups (broad SMARTS) is 1. The first-order valence-electron chi connectivity index (χ1n) is 7.80. The van der Waals surface area contributed by atoms with Gasteiger partial charge < -0.3 is 19.6 Å². The molecule has 1 aromatic carbocycles. The molecule has 2 unspecified atom stereocenters. The van der Waals surface area contributed by atoms with Crippen LogP contribution >= 0.6 is 0 Å². The zero-order chi connectivity index (χ0) is 17.3. The minimum absolute atomic E-state index is 0.0783. The van der Waals surface area contributed by atoms with E-state index in [1.165, 1.54) is 0 Å². The smallest absolute Gasteiger partial charge is 0.308 e. The van der Waals surface area contributed by atoms with E-state index in [-0.39, 0.29) is 11.9 Å². The number of hydrogen-bond acceptors (Lipinski definition) is 4. The van der Waals surface area contributed by atoms with Crippen LogP contribution in [0.4, 0.5) is 11.4 Å².